The fourth-order valence-corrected chi connectivity index (χ4v) is 17.7. The molecule has 8 rings (SSSR count). The SMILES string of the molecule is Cc1ccccc1-c1cc2c(cc1C(C)(C)C)-c1cc(C(C)(C)C)c(-c3ccccc3C)[c](/[Zr]([C]3=CC=CC3)=[C](\Cc3ccc(Cl)cc3)c3ccccc3)c1C2.Cl.Cl. The van der Waals surface area contributed by atoms with Crippen LogP contribution in [0.2, 0.25) is 5.02 Å². The molecule has 0 aliphatic heterocycles. The van der Waals surface area contributed by atoms with Gasteiger partial charge >= 0.3 is 351 Å². The Kier molecular flexibility index (Phi) is 13.3. The molecule has 0 saturated heterocycles. The van der Waals surface area contributed by atoms with E-state index in [-0.39, 0.29) is 35.6 Å². The second-order valence-electron chi connectivity index (χ2n) is 17.9. The van der Waals surface area contributed by atoms with Gasteiger partial charge in [-0.15, -0.1) is 24.8 Å². The second-order valence-corrected chi connectivity index (χ2v) is 24.5. The van der Waals surface area contributed by atoms with Crippen LogP contribution in [0.25, 0.3) is 33.4 Å². The Balaban J connectivity index is 0.00000283. The summed E-state index contributed by atoms with van der Waals surface area (Å²) in [5.74, 6) is 0. The summed E-state index contributed by atoms with van der Waals surface area (Å²) in [7, 11) is 0. The first-order valence-corrected chi connectivity index (χ1v) is 24.3. The van der Waals surface area contributed by atoms with Crippen molar-refractivity contribution in [1.82, 2.24) is 0 Å². The molecule has 6 aromatic rings. The van der Waals surface area contributed by atoms with Gasteiger partial charge in [-0.05, 0) is 0 Å². The molecule has 0 N–H and O–H groups in total. The third-order valence-electron chi connectivity index (χ3n) is 11.9. The van der Waals surface area contributed by atoms with Gasteiger partial charge in [0.25, 0.3) is 0 Å². The van der Waals surface area contributed by atoms with E-state index in [2.05, 4.69) is 195 Å². The Hall–Kier alpha value is -3.58. The van der Waals surface area contributed by atoms with Crippen molar-refractivity contribution < 1.29 is 21.3 Å². The zero-order chi connectivity index (χ0) is 39.4. The minimum absolute atomic E-state index is 0. The summed E-state index contributed by atoms with van der Waals surface area (Å²) in [6.45, 7) is 19.0. The number of benzene rings is 6. The molecular weight excluding hydrogens is 846 g/mol. The molecule has 58 heavy (non-hydrogen) atoms. The van der Waals surface area contributed by atoms with E-state index in [0.717, 1.165) is 24.3 Å². The number of aryl methyl sites for hydroxylation is 2. The van der Waals surface area contributed by atoms with Gasteiger partial charge in [0.15, 0.2) is 0 Å². The van der Waals surface area contributed by atoms with Gasteiger partial charge in [-0.1, -0.05) is 0 Å². The van der Waals surface area contributed by atoms with Crippen LogP contribution in [0.1, 0.15) is 92.5 Å². The Morgan fingerprint density at radius 3 is 1.79 bits per heavy atom. The summed E-state index contributed by atoms with van der Waals surface area (Å²) in [4.78, 5) is 0. The van der Waals surface area contributed by atoms with Crippen molar-refractivity contribution in [2.24, 2.45) is 0 Å². The van der Waals surface area contributed by atoms with E-state index in [1.807, 2.05) is 0 Å². The summed E-state index contributed by atoms with van der Waals surface area (Å²) in [6, 6.07) is 45.8. The number of hydrogen-bond acceptors (Lipinski definition) is 0. The minimum Gasteiger partial charge on any atom is -0.147 e. The van der Waals surface area contributed by atoms with Crippen molar-refractivity contribution in [2.75, 3.05) is 0 Å². The summed E-state index contributed by atoms with van der Waals surface area (Å²) >= 11 is 3.46. The van der Waals surface area contributed by atoms with Crippen molar-refractivity contribution in [3.05, 3.63) is 192 Å². The quantitative estimate of drug-likeness (QED) is 0.150. The van der Waals surface area contributed by atoms with Crippen molar-refractivity contribution in [3.63, 3.8) is 0 Å². The molecule has 4 heteroatoms. The second kappa shape index (κ2) is 17.6. The van der Waals surface area contributed by atoms with Crippen LogP contribution < -0.4 is 3.27 Å². The Morgan fingerprint density at radius 2 is 1.21 bits per heavy atom. The van der Waals surface area contributed by atoms with Gasteiger partial charge in [-0.25, -0.2) is 0 Å². The van der Waals surface area contributed by atoms with Crippen LogP contribution in [0.15, 0.2) is 143 Å². The molecule has 0 atom stereocenters. The van der Waals surface area contributed by atoms with E-state index in [4.69, 9.17) is 11.6 Å². The Morgan fingerprint density at radius 1 is 0.621 bits per heavy atom. The van der Waals surface area contributed by atoms with Crippen LogP contribution in [0.5, 0.6) is 0 Å². The fourth-order valence-electron chi connectivity index (χ4n) is 9.02. The first-order valence-electron chi connectivity index (χ1n) is 20.2. The van der Waals surface area contributed by atoms with Crippen LogP contribution in [0, 0.1) is 13.8 Å². The zero-order valence-corrected chi connectivity index (χ0v) is 39.9. The minimum atomic E-state index is -3.02. The average Bonchev–Trinajstić information content (AvgIpc) is 3.83. The van der Waals surface area contributed by atoms with E-state index in [1.54, 1.807) is 15.3 Å². The fraction of sp³-hybridized carbons (Fsp3) is 0.241. The van der Waals surface area contributed by atoms with Gasteiger partial charge in [0, 0.05) is 0 Å². The van der Waals surface area contributed by atoms with E-state index >= 15 is 0 Å². The Labute approximate surface area is 372 Å². The smallest absolute Gasteiger partial charge is 0.147 e. The third kappa shape index (κ3) is 8.54. The van der Waals surface area contributed by atoms with Gasteiger partial charge in [-0.2, -0.15) is 0 Å². The predicted octanol–water partition coefficient (Wildman–Crippen LogP) is 14.9. The van der Waals surface area contributed by atoms with Gasteiger partial charge in [-0.3, -0.25) is 0 Å². The van der Waals surface area contributed by atoms with Crippen LogP contribution in [-0.2, 0) is 44.9 Å². The predicted molar refractivity (Wildman–Crippen MR) is 254 cm³/mol. The zero-order valence-electron chi connectivity index (χ0n) is 35.1. The molecule has 296 valence electrons. The van der Waals surface area contributed by atoms with Crippen molar-refractivity contribution in [3.8, 4) is 33.4 Å². The molecule has 0 aromatic heterocycles. The number of hydrogen-bond donors (Lipinski definition) is 0. The number of fused-ring (bicyclic) bond motifs is 3. The van der Waals surface area contributed by atoms with Crippen molar-refractivity contribution in [2.45, 2.75) is 85.5 Å². The van der Waals surface area contributed by atoms with Gasteiger partial charge < -0.3 is 0 Å². The largest absolute Gasteiger partial charge is 0.147 e. The van der Waals surface area contributed by atoms with E-state index in [0.29, 0.717) is 0 Å². The summed E-state index contributed by atoms with van der Waals surface area (Å²) < 4.78 is 4.94. The van der Waals surface area contributed by atoms with Crippen molar-refractivity contribution >= 4 is 42.9 Å². The topological polar surface area (TPSA) is 0 Å². The molecule has 0 saturated carbocycles. The number of rotatable bonds is 7. The maximum Gasteiger partial charge on any atom is -0.147 e. The maximum absolute atomic E-state index is 6.48. The summed E-state index contributed by atoms with van der Waals surface area (Å²) in [5.41, 5.74) is 19.6. The monoisotopic (exact) mass is 898 g/mol. The van der Waals surface area contributed by atoms with E-state index in [9.17, 15) is 0 Å². The van der Waals surface area contributed by atoms with Crippen LogP contribution in [0.3, 0.4) is 0 Å². The standard InChI is InChI=1S/C35H37.C14H11Cl.C5H5.2ClH.Zr/c1-22-13-9-11-15-26(22)30-18-24-17-25-19-31(27-16-12-10-14-23(27)2)33(35(6,7)8)21-29(25)28(24)20-32(30)34(3,4)5;15-14-10-8-13(9-11-14)7-6-12-4-2-1-3-5-12;1-2-4-5-3-1;;;/h9-16,18,20-21H,17H2,1-8H3;1-5,8-11H,7H2;1-3H,4H2;2*1H;. The molecule has 0 amide bonds. The van der Waals surface area contributed by atoms with Gasteiger partial charge in [0.1, 0.15) is 0 Å². The molecule has 0 radical (unpaired) electrons. The average molecular weight is 902 g/mol. The molecule has 2 aliphatic rings. The first kappa shape index (κ1) is 44.0. The number of halogens is 3. The van der Waals surface area contributed by atoms with E-state index in [1.165, 1.54) is 72.3 Å². The van der Waals surface area contributed by atoms with Crippen LogP contribution >= 0.6 is 36.4 Å². The summed E-state index contributed by atoms with van der Waals surface area (Å²) in [5, 5.41) is 0.784. The molecule has 0 unspecified atom stereocenters. The number of allylic oxidation sites excluding steroid dienone is 4. The van der Waals surface area contributed by atoms with Crippen LogP contribution in [0.4, 0.5) is 0 Å². The molecule has 6 aromatic carbocycles. The molecular formula is C54H55Cl3Zr. The molecule has 0 spiro atoms. The Bertz CT molecular complexity index is 2580. The van der Waals surface area contributed by atoms with Gasteiger partial charge in [0.2, 0.25) is 0 Å². The molecule has 0 fully saturated rings. The molecule has 0 heterocycles. The molecule has 0 bridgehead atoms. The van der Waals surface area contributed by atoms with Gasteiger partial charge in [0.05, 0.1) is 0 Å². The first-order chi connectivity index (χ1) is 26.8. The third-order valence-corrected chi connectivity index (χ3v) is 19.8. The van der Waals surface area contributed by atoms with Crippen LogP contribution in [-0.4, -0.2) is 3.21 Å². The maximum atomic E-state index is 6.48. The summed E-state index contributed by atoms with van der Waals surface area (Å²) in [6.07, 6.45) is 10.1. The molecule has 0 nitrogen and oxygen atoms in total. The van der Waals surface area contributed by atoms with Crippen molar-refractivity contribution in [1.29, 1.82) is 0 Å². The normalized spacial score (nSPS) is 13.6. The van der Waals surface area contributed by atoms with E-state index < -0.39 is 21.3 Å². The molecule has 2 aliphatic carbocycles.